The van der Waals surface area contributed by atoms with E-state index in [1.807, 2.05) is 6.07 Å². The molecule has 2 aromatic heterocycles. The lowest BCUT2D eigenvalue weighted by Gasteiger charge is -2.15. The summed E-state index contributed by atoms with van der Waals surface area (Å²) in [6.45, 7) is 2.05. The number of pyridine rings is 2. The SMILES string of the molecule is N#Cc1cc2c([nH]c1=O)CCOC2.O=C(O)c1cc2c([nH]c1=O)CCOC2. The monoisotopic (exact) mass is 371 g/mol. The Hall–Kier alpha value is -3.22. The third-order valence-electron chi connectivity index (χ3n) is 4.29. The molecule has 2 aromatic rings. The number of hydrogen-bond donors (Lipinski definition) is 3. The van der Waals surface area contributed by atoms with Crippen molar-refractivity contribution in [3.8, 4) is 6.07 Å². The zero-order valence-electron chi connectivity index (χ0n) is 14.3. The minimum Gasteiger partial charge on any atom is -0.477 e. The summed E-state index contributed by atoms with van der Waals surface area (Å²) in [7, 11) is 0. The van der Waals surface area contributed by atoms with Crippen LogP contribution in [0.2, 0.25) is 0 Å². The summed E-state index contributed by atoms with van der Waals surface area (Å²) >= 11 is 0. The van der Waals surface area contributed by atoms with Crippen molar-refractivity contribution in [2.24, 2.45) is 0 Å². The number of aromatic amines is 2. The van der Waals surface area contributed by atoms with Gasteiger partial charge < -0.3 is 24.5 Å². The molecule has 0 fully saturated rings. The number of ether oxygens (including phenoxy) is 2. The summed E-state index contributed by atoms with van der Waals surface area (Å²) in [5.74, 6) is -1.21. The molecule has 4 rings (SSSR count). The van der Waals surface area contributed by atoms with Gasteiger partial charge in [-0.2, -0.15) is 5.26 Å². The first-order chi connectivity index (χ1) is 13.0. The lowest BCUT2D eigenvalue weighted by Crippen LogP contribution is -2.23. The summed E-state index contributed by atoms with van der Waals surface area (Å²) in [6, 6.07) is 4.84. The van der Waals surface area contributed by atoms with E-state index in [0.29, 0.717) is 32.8 Å². The number of fused-ring (bicyclic) bond motifs is 2. The van der Waals surface area contributed by atoms with E-state index in [2.05, 4.69) is 9.97 Å². The van der Waals surface area contributed by atoms with E-state index in [9.17, 15) is 14.4 Å². The van der Waals surface area contributed by atoms with Crippen LogP contribution >= 0.6 is 0 Å². The predicted octanol–water partition coefficient (Wildman–Crippen LogP) is 0.465. The molecule has 0 unspecified atom stereocenters. The van der Waals surface area contributed by atoms with Gasteiger partial charge in [-0.1, -0.05) is 0 Å². The average Bonchev–Trinajstić information content (AvgIpc) is 2.67. The number of carboxylic acids is 1. The second kappa shape index (κ2) is 7.99. The van der Waals surface area contributed by atoms with Crippen LogP contribution in [0.15, 0.2) is 21.7 Å². The smallest absolute Gasteiger partial charge is 0.341 e. The van der Waals surface area contributed by atoms with Crippen molar-refractivity contribution < 1.29 is 19.4 Å². The van der Waals surface area contributed by atoms with Crippen LogP contribution < -0.4 is 11.1 Å². The van der Waals surface area contributed by atoms with Crippen molar-refractivity contribution in [2.45, 2.75) is 26.1 Å². The molecule has 0 atom stereocenters. The van der Waals surface area contributed by atoms with Crippen LogP contribution in [0, 0.1) is 11.3 Å². The van der Waals surface area contributed by atoms with Gasteiger partial charge in [-0.3, -0.25) is 9.59 Å². The Morgan fingerprint density at radius 3 is 2.11 bits per heavy atom. The van der Waals surface area contributed by atoms with Crippen LogP contribution in [0.3, 0.4) is 0 Å². The highest BCUT2D eigenvalue weighted by Crippen LogP contribution is 2.14. The zero-order chi connectivity index (χ0) is 19.4. The van der Waals surface area contributed by atoms with Gasteiger partial charge >= 0.3 is 5.97 Å². The molecular weight excluding hydrogens is 354 g/mol. The number of nitrogens with one attached hydrogen (secondary N) is 2. The van der Waals surface area contributed by atoms with Crippen LogP contribution in [0.1, 0.15) is 38.4 Å². The summed E-state index contributed by atoms with van der Waals surface area (Å²) in [6.07, 6.45) is 1.35. The molecular formula is C18H17N3O6. The molecule has 0 bridgehead atoms. The molecule has 4 heterocycles. The van der Waals surface area contributed by atoms with Gasteiger partial charge in [-0.25, -0.2) is 4.79 Å². The van der Waals surface area contributed by atoms with Gasteiger partial charge in [0.15, 0.2) is 0 Å². The Morgan fingerprint density at radius 2 is 1.56 bits per heavy atom. The second-order valence-corrected chi connectivity index (χ2v) is 6.05. The van der Waals surface area contributed by atoms with E-state index in [0.717, 1.165) is 28.9 Å². The van der Waals surface area contributed by atoms with Gasteiger partial charge in [0.05, 0.1) is 26.4 Å². The van der Waals surface area contributed by atoms with Crippen LogP contribution in [-0.2, 0) is 35.5 Å². The molecule has 2 aliphatic heterocycles. The Morgan fingerprint density at radius 1 is 1.00 bits per heavy atom. The van der Waals surface area contributed by atoms with Gasteiger partial charge in [0.1, 0.15) is 17.2 Å². The fourth-order valence-electron chi connectivity index (χ4n) is 2.88. The van der Waals surface area contributed by atoms with Crippen molar-refractivity contribution in [1.29, 1.82) is 5.26 Å². The predicted molar refractivity (Wildman–Crippen MR) is 92.5 cm³/mol. The molecule has 9 heteroatoms. The molecule has 0 amide bonds. The third-order valence-corrected chi connectivity index (χ3v) is 4.29. The van der Waals surface area contributed by atoms with E-state index >= 15 is 0 Å². The summed E-state index contributed by atoms with van der Waals surface area (Å²) in [5, 5.41) is 17.3. The first-order valence-corrected chi connectivity index (χ1v) is 8.28. The minimum absolute atomic E-state index is 0.157. The number of aromatic carboxylic acids is 1. The van der Waals surface area contributed by atoms with Crippen LogP contribution in [-0.4, -0.2) is 34.3 Å². The van der Waals surface area contributed by atoms with Gasteiger partial charge in [0.25, 0.3) is 11.1 Å². The van der Waals surface area contributed by atoms with E-state index in [1.165, 1.54) is 6.07 Å². The zero-order valence-corrected chi connectivity index (χ0v) is 14.3. The van der Waals surface area contributed by atoms with Gasteiger partial charge in [0, 0.05) is 24.2 Å². The average molecular weight is 371 g/mol. The van der Waals surface area contributed by atoms with Crippen LogP contribution in [0.4, 0.5) is 0 Å². The van der Waals surface area contributed by atoms with Gasteiger partial charge in [0.2, 0.25) is 0 Å². The summed E-state index contributed by atoms with van der Waals surface area (Å²) in [5.41, 5.74) is 2.44. The molecule has 2 aliphatic rings. The molecule has 9 nitrogen and oxygen atoms in total. The highest BCUT2D eigenvalue weighted by Gasteiger charge is 2.16. The Bertz CT molecular complexity index is 1030. The van der Waals surface area contributed by atoms with Crippen LogP contribution in [0.5, 0.6) is 0 Å². The maximum absolute atomic E-state index is 11.3. The standard InChI is InChI=1S/C9H8N2O2.C9H9NO4/c10-4-6-3-7-5-13-2-1-8(7)11-9(6)12;11-8-6(9(12)13)3-5-4-14-2-1-7(5)10-8/h3H,1-2,5H2,(H,11,12);3H,1-2,4H2,(H,10,11)(H,12,13). The molecule has 3 N–H and O–H groups in total. The minimum atomic E-state index is -1.21. The number of nitrogens with zero attached hydrogens (tertiary/aromatic N) is 1. The number of H-pyrrole nitrogens is 2. The Labute approximate surface area is 153 Å². The Kier molecular flexibility index (Phi) is 5.49. The number of rotatable bonds is 1. The molecule has 0 saturated heterocycles. The first kappa shape index (κ1) is 18.6. The lowest BCUT2D eigenvalue weighted by molar-refractivity contribution is 0.0693. The van der Waals surface area contributed by atoms with Crippen molar-refractivity contribution in [1.82, 2.24) is 9.97 Å². The molecule has 0 aliphatic carbocycles. The number of aromatic nitrogens is 2. The number of nitriles is 1. The van der Waals surface area contributed by atoms with Gasteiger partial charge in [-0.15, -0.1) is 0 Å². The highest BCUT2D eigenvalue weighted by atomic mass is 16.5. The first-order valence-electron chi connectivity index (χ1n) is 8.28. The molecule has 0 aromatic carbocycles. The second-order valence-electron chi connectivity index (χ2n) is 6.05. The van der Waals surface area contributed by atoms with E-state index < -0.39 is 11.5 Å². The van der Waals surface area contributed by atoms with Crippen molar-refractivity contribution in [2.75, 3.05) is 13.2 Å². The van der Waals surface area contributed by atoms with Crippen LogP contribution in [0.25, 0.3) is 0 Å². The molecule has 0 spiro atoms. The van der Waals surface area contributed by atoms with Crippen molar-refractivity contribution in [3.05, 3.63) is 66.5 Å². The van der Waals surface area contributed by atoms with Gasteiger partial charge in [-0.05, 0) is 23.3 Å². The fourth-order valence-corrected chi connectivity index (χ4v) is 2.88. The number of hydrogen-bond acceptors (Lipinski definition) is 6. The van der Waals surface area contributed by atoms with Crippen molar-refractivity contribution in [3.63, 3.8) is 0 Å². The maximum Gasteiger partial charge on any atom is 0.341 e. The van der Waals surface area contributed by atoms with E-state index in [1.54, 1.807) is 6.07 Å². The quantitative estimate of drug-likeness (QED) is 0.660. The van der Waals surface area contributed by atoms with E-state index in [-0.39, 0.29) is 16.7 Å². The normalized spacial score (nSPS) is 14.8. The summed E-state index contributed by atoms with van der Waals surface area (Å²) in [4.78, 5) is 38.4. The topological polar surface area (TPSA) is 145 Å². The summed E-state index contributed by atoms with van der Waals surface area (Å²) < 4.78 is 10.4. The van der Waals surface area contributed by atoms with Crippen molar-refractivity contribution >= 4 is 5.97 Å². The molecule has 0 radical (unpaired) electrons. The molecule has 0 saturated carbocycles. The fraction of sp³-hybridized carbons (Fsp3) is 0.333. The van der Waals surface area contributed by atoms with E-state index in [4.69, 9.17) is 19.8 Å². The third kappa shape index (κ3) is 4.13. The Balaban J connectivity index is 0.000000156. The largest absolute Gasteiger partial charge is 0.477 e. The molecule has 27 heavy (non-hydrogen) atoms. The maximum atomic E-state index is 11.3. The number of carbonyl (C=O) groups is 1. The molecule has 140 valence electrons. The lowest BCUT2D eigenvalue weighted by atomic mass is 10.1. The highest BCUT2D eigenvalue weighted by molar-refractivity contribution is 5.87. The number of carboxylic acid groups (broad SMARTS) is 1.